The molecule has 28 heavy (non-hydrogen) atoms. The SMILES string of the molecule is O=C(NCc1ccccn1)c1ccc2c(c1)N(C(=O)c1ccc(F)cc1)CC2. The lowest BCUT2D eigenvalue weighted by atomic mass is 10.1. The van der Waals surface area contributed by atoms with Crippen LogP contribution >= 0.6 is 0 Å². The molecule has 0 spiro atoms. The number of pyridine rings is 1. The van der Waals surface area contributed by atoms with Gasteiger partial charge in [0.15, 0.2) is 0 Å². The maximum atomic E-state index is 13.1. The minimum atomic E-state index is -0.384. The fourth-order valence-corrected chi connectivity index (χ4v) is 3.26. The summed E-state index contributed by atoms with van der Waals surface area (Å²) in [7, 11) is 0. The minimum absolute atomic E-state index is 0.204. The molecule has 2 aromatic carbocycles. The van der Waals surface area contributed by atoms with Gasteiger partial charge in [0, 0.05) is 29.6 Å². The van der Waals surface area contributed by atoms with Crippen LogP contribution in [0.1, 0.15) is 32.0 Å². The van der Waals surface area contributed by atoms with Gasteiger partial charge in [0.2, 0.25) is 0 Å². The first-order valence-corrected chi connectivity index (χ1v) is 9.00. The largest absolute Gasteiger partial charge is 0.346 e. The van der Waals surface area contributed by atoms with Gasteiger partial charge < -0.3 is 10.2 Å². The van der Waals surface area contributed by atoms with Crippen LogP contribution in [0.5, 0.6) is 0 Å². The molecule has 1 aliphatic rings. The number of amides is 2. The summed E-state index contributed by atoms with van der Waals surface area (Å²) in [6.45, 7) is 0.861. The second-order valence-corrected chi connectivity index (χ2v) is 6.56. The Morgan fingerprint density at radius 1 is 1.04 bits per heavy atom. The highest BCUT2D eigenvalue weighted by atomic mass is 19.1. The van der Waals surface area contributed by atoms with Gasteiger partial charge in [-0.05, 0) is 60.5 Å². The van der Waals surface area contributed by atoms with Crippen LogP contribution in [-0.4, -0.2) is 23.3 Å². The third-order valence-corrected chi connectivity index (χ3v) is 4.74. The molecule has 6 heteroatoms. The molecule has 0 saturated heterocycles. The highest BCUT2D eigenvalue weighted by Crippen LogP contribution is 2.30. The van der Waals surface area contributed by atoms with Gasteiger partial charge in [-0.1, -0.05) is 12.1 Å². The molecule has 0 unspecified atom stereocenters. The molecule has 5 nitrogen and oxygen atoms in total. The molecular formula is C22H18FN3O2. The second-order valence-electron chi connectivity index (χ2n) is 6.56. The fraction of sp³-hybridized carbons (Fsp3) is 0.136. The number of rotatable bonds is 4. The Bertz CT molecular complexity index is 1020. The van der Waals surface area contributed by atoms with Crippen LogP contribution in [0.15, 0.2) is 66.9 Å². The Labute approximate surface area is 161 Å². The van der Waals surface area contributed by atoms with Crippen molar-refractivity contribution < 1.29 is 14.0 Å². The Morgan fingerprint density at radius 3 is 2.57 bits per heavy atom. The van der Waals surface area contributed by atoms with Gasteiger partial charge in [-0.15, -0.1) is 0 Å². The Balaban J connectivity index is 1.52. The lowest BCUT2D eigenvalue weighted by Crippen LogP contribution is -2.29. The van der Waals surface area contributed by atoms with Crippen molar-refractivity contribution >= 4 is 17.5 Å². The first-order valence-electron chi connectivity index (χ1n) is 9.00. The summed E-state index contributed by atoms with van der Waals surface area (Å²) in [6.07, 6.45) is 2.40. The number of benzene rings is 2. The van der Waals surface area contributed by atoms with E-state index in [2.05, 4.69) is 10.3 Å². The van der Waals surface area contributed by atoms with Crippen molar-refractivity contribution in [3.63, 3.8) is 0 Å². The van der Waals surface area contributed by atoms with Gasteiger partial charge in [0.1, 0.15) is 5.82 Å². The van der Waals surface area contributed by atoms with E-state index in [1.54, 1.807) is 23.2 Å². The summed E-state index contributed by atoms with van der Waals surface area (Å²) < 4.78 is 13.1. The van der Waals surface area contributed by atoms with Crippen molar-refractivity contribution in [1.82, 2.24) is 10.3 Å². The molecule has 4 rings (SSSR count). The van der Waals surface area contributed by atoms with Crippen LogP contribution in [0.4, 0.5) is 10.1 Å². The van der Waals surface area contributed by atoms with Crippen LogP contribution < -0.4 is 10.2 Å². The van der Waals surface area contributed by atoms with Gasteiger partial charge in [-0.3, -0.25) is 14.6 Å². The average Bonchev–Trinajstić information content (AvgIpc) is 3.16. The minimum Gasteiger partial charge on any atom is -0.346 e. The molecule has 0 saturated carbocycles. The summed E-state index contributed by atoms with van der Waals surface area (Å²) in [5, 5.41) is 2.84. The fourth-order valence-electron chi connectivity index (χ4n) is 3.26. The van der Waals surface area contributed by atoms with Gasteiger partial charge in [0.25, 0.3) is 11.8 Å². The Morgan fingerprint density at radius 2 is 1.82 bits per heavy atom. The van der Waals surface area contributed by atoms with Gasteiger partial charge >= 0.3 is 0 Å². The van der Waals surface area contributed by atoms with E-state index in [9.17, 15) is 14.0 Å². The number of fused-ring (bicyclic) bond motifs is 1. The van der Waals surface area contributed by atoms with E-state index in [1.165, 1.54) is 24.3 Å². The van der Waals surface area contributed by atoms with Crippen molar-refractivity contribution in [3.05, 3.63) is 95.1 Å². The summed E-state index contributed by atoms with van der Waals surface area (Å²) >= 11 is 0. The van der Waals surface area contributed by atoms with Crippen LogP contribution in [-0.2, 0) is 13.0 Å². The third kappa shape index (κ3) is 3.62. The van der Waals surface area contributed by atoms with Crippen molar-refractivity contribution in [1.29, 1.82) is 0 Å². The number of hydrogen-bond donors (Lipinski definition) is 1. The van der Waals surface area contributed by atoms with Crippen LogP contribution in [0, 0.1) is 5.82 Å². The smallest absolute Gasteiger partial charge is 0.258 e. The number of anilines is 1. The summed E-state index contributed by atoms with van der Waals surface area (Å²) in [4.78, 5) is 31.1. The van der Waals surface area contributed by atoms with E-state index >= 15 is 0 Å². The zero-order valence-corrected chi connectivity index (χ0v) is 15.1. The topological polar surface area (TPSA) is 62.3 Å². The van der Waals surface area contributed by atoms with Gasteiger partial charge in [0.05, 0.1) is 12.2 Å². The Kier molecular flexibility index (Phi) is 4.85. The maximum Gasteiger partial charge on any atom is 0.258 e. The molecule has 3 aromatic rings. The van der Waals surface area contributed by atoms with Crippen LogP contribution in [0.2, 0.25) is 0 Å². The van der Waals surface area contributed by atoms with Crippen molar-refractivity contribution in [2.45, 2.75) is 13.0 Å². The van der Waals surface area contributed by atoms with E-state index in [4.69, 9.17) is 0 Å². The zero-order valence-electron chi connectivity index (χ0n) is 15.1. The number of carbonyl (C=O) groups excluding carboxylic acids is 2. The predicted octanol–water partition coefficient (Wildman–Crippen LogP) is 3.35. The molecule has 1 aromatic heterocycles. The zero-order chi connectivity index (χ0) is 19.5. The maximum absolute atomic E-state index is 13.1. The predicted molar refractivity (Wildman–Crippen MR) is 104 cm³/mol. The molecule has 140 valence electrons. The summed E-state index contributed by atoms with van der Waals surface area (Å²) in [5.74, 6) is -0.815. The van der Waals surface area contributed by atoms with Crippen molar-refractivity contribution in [3.8, 4) is 0 Å². The molecule has 0 bridgehead atoms. The van der Waals surface area contributed by atoms with E-state index in [-0.39, 0.29) is 17.6 Å². The summed E-state index contributed by atoms with van der Waals surface area (Å²) in [5.41, 5.74) is 3.40. The van der Waals surface area contributed by atoms with Crippen molar-refractivity contribution in [2.75, 3.05) is 11.4 Å². The number of nitrogens with one attached hydrogen (secondary N) is 1. The van der Waals surface area contributed by atoms with Crippen LogP contribution in [0.25, 0.3) is 0 Å². The molecule has 1 N–H and O–H groups in total. The summed E-state index contributed by atoms with van der Waals surface area (Å²) in [6, 6.07) is 16.4. The molecule has 2 heterocycles. The van der Waals surface area contributed by atoms with Crippen LogP contribution in [0.3, 0.4) is 0 Å². The first kappa shape index (κ1) is 17.9. The number of halogens is 1. The number of carbonyl (C=O) groups is 2. The monoisotopic (exact) mass is 375 g/mol. The number of hydrogen-bond acceptors (Lipinski definition) is 3. The second kappa shape index (κ2) is 7.60. The van der Waals surface area contributed by atoms with E-state index < -0.39 is 0 Å². The molecule has 2 amide bonds. The lowest BCUT2D eigenvalue weighted by Gasteiger charge is -2.18. The number of nitrogens with zero attached hydrogens (tertiary/aromatic N) is 2. The molecule has 0 aliphatic carbocycles. The molecule has 0 fully saturated rings. The average molecular weight is 375 g/mol. The molecule has 0 radical (unpaired) electrons. The first-order chi connectivity index (χ1) is 13.6. The van der Waals surface area contributed by atoms with Gasteiger partial charge in [-0.25, -0.2) is 4.39 Å². The molecule has 0 atom stereocenters. The normalized spacial score (nSPS) is 12.5. The van der Waals surface area contributed by atoms with Crippen molar-refractivity contribution in [2.24, 2.45) is 0 Å². The lowest BCUT2D eigenvalue weighted by molar-refractivity contribution is 0.0947. The van der Waals surface area contributed by atoms with E-state index in [0.29, 0.717) is 24.2 Å². The Hall–Kier alpha value is -3.54. The molecular weight excluding hydrogens is 357 g/mol. The standard InChI is InChI=1S/C22H18FN3O2/c23-18-8-6-16(7-9-18)22(28)26-12-10-15-4-5-17(13-20(15)26)21(27)25-14-19-3-1-2-11-24-19/h1-9,11,13H,10,12,14H2,(H,25,27). The van der Waals surface area contributed by atoms with E-state index in [0.717, 1.165) is 23.4 Å². The molecule has 1 aliphatic heterocycles. The highest BCUT2D eigenvalue weighted by molar-refractivity contribution is 6.08. The highest BCUT2D eigenvalue weighted by Gasteiger charge is 2.26. The van der Waals surface area contributed by atoms with Gasteiger partial charge in [-0.2, -0.15) is 0 Å². The third-order valence-electron chi connectivity index (χ3n) is 4.74. The quantitative estimate of drug-likeness (QED) is 0.761. The number of aromatic nitrogens is 1. The van der Waals surface area contributed by atoms with E-state index in [1.807, 2.05) is 24.3 Å².